The number of alkyl halides is 3. The van der Waals surface area contributed by atoms with E-state index in [1.54, 1.807) is 47.2 Å². The summed E-state index contributed by atoms with van der Waals surface area (Å²) in [4.78, 5) is 39.0. The second-order valence-corrected chi connectivity index (χ2v) is 13.6. The lowest BCUT2D eigenvalue weighted by molar-refractivity contribution is -0.170. The third-order valence-electron chi connectivity index (χ3n) is 8.31. The molecule has 2 saturated heterocycles. The van der Waals surface area contributed by atoms with Crippen molar-refractivity contribution in [3.63, 3.8) is 0 Å². The number of nitrogens with one attached hydrogen (secondary N) is 1. The molecule has 3 aliphatic heterocycles. The Bertz CT molecular complexity index is 1880. The number of amides is 2. The smallest absolute Gasteiger partial charge is 0.384 e. The number of carbonyl (C=O) groups excluding carboxylic acids is 2. The number of nitriles is 1. The molecule has 0 unspecified atom stereocenters. The van der Waals surface area contributed by atoms with Gasteiger partial charge in [-0.25, -0.2) is 4.99 Å². The van der Waals surface area contributed by atoms with E-state index in [1.807, 2.05) is 42.2 Å². The first-order chi connectivity index (χ1) is 24.1. The predicted octanol–water partition coefficient (Wildman–Crippen LogP) is 6.39. The van der Waals surface area contributed by atoms with Crippen LogP contribution in [0.4, 0.5) is 35.9 Å². The number of morpholine rings is 1. The quantitative estimate of drug-likeness (QED) is 0.252. The fourth-order valence-electron chi connectivity index (χ4n) is 5.73. The topological polar surface area (TPSA) is 105 Å². The van der Waals surface area contributed by atoms with Crippen LogP contribution in [0.3, 0.4) is 0 Å². The second kappa shape index (κ2) is 15.2. The van der Waals surface area contributed by atoms with Gasteiger partial charge >= 0.3 is 12.1 Å². The number of benzene rings is 3. The van der Waals surface area contributed by atoms with Crippen molar-refractivity contribution < 1.29 is 27.5 Å². The largest absolute Gasteiger partial charge is 0.471 e. The number of carbonyl (C=O) groups is 2. The van der Waals surface area contributed by atoms with Gasteiger partial charge in [0.1, 0.15) is 4.91 Å². The van der Waals surface area contributed by atoms with Crippen molar-refractivity contribution in [2.75, 3.05) is 68.1 Å². The van der Waals surface area contributed by atoms with Gasteiger partial charge in [0.25, 0.3) is 5.91 Å². The number of amidine groups is 1. The first-order valence-corrected chi connectivity index (χ1v) is 17.6. The summed E-state index contributed by atoms with van der Waals surface area (Å²) >= 11 is 2.53. The van der Waals surface area contributed by atoms with E-state index in [2.05, 4.69) is 11.4 Å². The molecule has 2 fully saturated rings. The molecule has 15 heteroatoms. The van der Waals surface area contributed by atoms with Crippen LogP contribution in [0.15, 0.2) is 86.6 Å². The molecular formula is C35H34F3N7O3S2. The summed E-state index contributed by atoms with van der Waals surface area (Å²) in [5.41, 5.74) is 3.23. The third-order valence-corrected chi connectivity index (χ3v) is 10.7. The van der Waals surface area contributed by atoms with Gasteiger partial charge in [-0.2, -0.15) is 18.4 Å². The van der Waals surface area contributed by atoms with Gasteiger partial charge in [0.2, 0.25) is 0 Å². The van der Waals surface area contributed by atoms with E-state index < -0.39 is 12.1 Å². The minimum absolute atomic E-state index is 0.115. The van der Waals surface area contributed by atoms with E-state index in [9.17, 15) is 28.0 Å². The molecular weight excluding hydrogens is 688 g/mol. The molecule has 3 heterocycles. The molecule has 0 aliphatic carbocycles. The van der Waals surface area contributed by atoms with Crippen LogP contribution in [0, 0.1) is 11.3 Å². The highest BCUT2D eigenvalue weighted by Gasteiger charge is 2.44. The molecule has 2 amide bonds. The van der Waals surface area contributed by atoms with Crippen LogP contribution in [-0.2, 0) is 20.9 Å². The summed E-state index contributed by atoms with van der Waals surface area (Å²) in [5, 5.41) is 13.8. The summed E-state index contributed by atoms with van der Waals surface area (Å²) < 4.78 is 46.7. The van der Waals surface area contributed by atoms with E-state index in [-0.39, 0.29) is 31.2 Å². The Hall–Kier alpha value is -4.49. The minimum atomic E-state index is -5.05. The molecule has 0 saturated carbocycles. The van der Waals surface area contributed by atoms with Gasteiger partial charge in [0.15, 0.2) is 5.17 Å². The Kier molecular flexibility index (Phi) is 10.7. The van der Waals surface area contributed by atoms with Gasteiger partial charge in [-0.05, 0) is 60.6 Å². The summed E-state index contributed by atoms with van der Waals surface area (Å²) in [6.07, 6.45) is -5.05. The maximum atomic E-state index is 14.2. The maximum Gasteiger partial charge on any atom is 0.471 e. The molecule has 10 nitrogen and oxygen atoms in total. The number of thioether (sulfide) groups is 2. The SMILES string of the molecule is CCNc1ccc(C#N)cc1/N=C1/S/C(=C2\Sc3ccc(N(CCN4CCOCC4)C(=O)C(F)(F)F)cc3N2C)C(=O)N1Cc1ccccc1. The molecule has 260 valence electrons. The highest BCUT2D eigenvalue weighted by atomic mass is 32.2. The van der Waals surface area contributed by atoms with Gasteiger partial charge in [0.05, 0.1) is 53.5 Å². The van der Waals surface area contributed by atoms with Crippen molar-refractivity contribution in [2.24, 2.45) is 4.99 Å². The molecule has 0 bridgehead atoms. The number of nitrogens with zero attached hydrogens (tertiary/aromatic N) is 6. The molecule has 6 rings (SSSR count). The number of hydrogen-bond donors (Lipinski definition) is 1. The number of aliphatic imine (C=N–C) groups is 1. The summed E-state index contributed by atoms with van der Waals surface area (Å²) in [6.45, 7) is 5.07. The van der Waals surface area contributed by atoms with Crippen LogP contribution in [0.1, 0.15) is 18.1 Å². The lowest BCUT2D eigenvalue weighted by atomic mass is 10.2. The fourth-order valence-corrected chi connectivity index (χ4v) is 8.05. The normalized spacial score (nSPS) is 18.8. The van der Waals surface area contributed by atoms with Crippen molar-refractivity contribution >= 4 is 63.3 Å². The van der Waals surface area contributed by atoms with Crippen LogP contribution in [0.2, 0.25) is 0 Å². The van der Waals surface area contributed by atoms with E-state index in [0.717, 1.165) is 15.4 Å². The Morgan fingerprint density at radius 3 is 2.54 bits per heavy atom. The Balaban J connectivity index is 1.34. The summed E-state index contributed by atoms with van der Waals surface area (Å²) in [7, 11) is 1.75. The zero-order valence-corrected chi connectivity index (χ0v) is 29.0. The first kappa shape index (κ1) is 35.3. The Morgan fingerprint density at radius 2 is 1.84 bits per heavy atom. The van der Waals surface area contributed by atoms with Crippen LogP contribution in [0.5, 0.6) is 0 Å². The van der Waals surface area contributed by atoms with Crippen molar-refractivity contribution in [1.29, 1.82) is 5.26 Å². The molecule has 3 aromatic rings. The molecule has 0 spiro atoms. The Labute approximate surface area is 296 Å². The van der Waals surface area contributed by atoms with Crippen LogP contribution in [0.25, 0.3) is 0 Å². The molecule has 1 N–H and O–H groups in total. The van der Waals surface area contributed by atoms with E-state index in [0.29, 0.717) is 70.6 Å². The fraction of sp³-hybridized carbons (Fsp3) is 0.314. The van der Waals surface area contributed by atoms with E-state index in [1.165, 1.54) is 29.6 Å². The van der Waals surface area contributed by atoms with Gasteiger partial charge < -0.3 is 19.9 Å². The van der Waals surface area contributed by atoms with Crippen molar-refractivity contribution in [3.8, 4) is 6.07 Å². The number of ether oxygens (including phenoxy) is 1. The van der Waals surface area contributed by atoms with E-state index in [4.69, 9.17) is 9.73 Å². The number of rotatable bonds is 9. The number of anilines is 3. The van der Waals surface area contributed by atoms with Gasteiger partial charge in [0, 0.05) is 50.4 Å². The number of halogens is 3. The van der Waals surface area contributed by atoms with Crippen LogP contribution < -0.4 is 15.1 Å². The molecule has 50 heavy (non-hydrogen) atoms. The first-order valence-electron chi connectivity index (χ1n) is 16.0. The summed E-state index contributed by atoms with van der Waals surface area (Å²) in [6, 6.07) is 21.6. The highest BCUT2D eigenvalue weighted by Crippen LogP contribution is 2.51. The molecule has 0 radical (unpaired) electrons. The average molecular weight is 722 g/mol. The van der Waals surface area contributed by atoms with E-state index >= 15 is 0 Å². The predicted molar refractivity (Wildman–Crippen MR) is 190 cm³/mol. The standard InChI is InChI=1S/C35H34F3N7O3S2/c1-3-40-26-11-9-24(21-39)19-27(26)41-34-45(22-23-7-5-4-6-8-23)31(46)30(50-34)32-42(2)28-20-25(10-12-29(28)49-32)44(33(47)35(36,37)38)14-13-43-15-17-48-18-16-43/h4-12,19-20,40H,3,13-18,22H2,1-2H3/b32-30-,41-34+. The van der Waals surface area contributed by atoms with Crippen molar-refractivity contribution in [2.45, 2.75) is 24.5 Å². The zero-order chi connectivity index (χ0) is 35.4. The summed E-state index contributed by atoms with van der Waals surface area (Å²) in [5.74, 6) is -2.21. The lowest BCUT2D eigenvalue weighted by Gasteiger charge is -2.30. The monoisotopic (exact) mass is 721 g/mol. The van der Waals surface area contributed by atoms with Crippen LogP contribution >= 0.6 is 23.5 Å². The number of hydrogen-bond acceptors (Lipinski definition) is 10. The van der Waals surface area contributed by atoms with Crippen LogP contribution in [-0.4, -0.2) is 85.9 Å². The minimum Gasteiger partial charge on any atom is -0.384 e. The Morgan fingerprint density at radius 1 is 1.08 bits per heavy atom. The van der Waals surface area contributed by atoms with Crippen molar-refractivity contribution in [1.82, 2.24) is 9.80 Å². The van der Waals surface area contributed by atoms with Crippen molar-refractivity contribution in [3.05, 3.63) is 87.8 Å². The van der Waals surface area contributed by atoms with Gasteiger partial charge in [-0.1, -0.05) is 42.1 Å². The molecule has 3 aliphatic rings. The highest BCUT2D eigenvalue weighted by molar-refractivity contribution is 8.19. The molecule has 0 atom stereocenters. The second-order valence-electron chi connectivity index (χ2n) is 11.6. The third kappa shape index (κ3) is 7.63. The lowest BCUT2D eigenvalue weighted by Crippen LogP contribution is -2.47. The number of fused-ring (bicyclic) bond motifs is 1. The maximum absolute atomic E-state index is 14.2. The van der Waals surface area contributed by atoms with Gasteiger partial charge in [-0.3, -0.25) is 19.4 Å². The zero-order valence-electron chi connectivity index (χ0n) is 27.4. The van der Waals surface area contributed by atoms with Gasteiger partial charge in [-0.15, -0.1) is 0 Å². The average Bonchev–Trinajstić information content (AvgIpc) is 3.60. The molecule has 0 aromatic heterocycles. The molecule has 3 aromatic carbocycles.